The van der Waals surface area contributed by atoms with Crippen molar-refractivity contribution in [2.75, 3.05) is 4.72 Å². The number of thiophene rings is 1. The van der Waals surface area contributed by atoms with Gasteiger partial charge in [-0.1, -0.05) is 0 Å². The van der Waals surface area contributed by atoms with E-state index in [1.54, 1.807) is 6.07 Å². The Morgan fingerprint density at radius 2 is 2.10 bits per heavy atom. The number of sulfonamides is 1. The molecule has 1 aromatic heterocycles. The third kappa shape index (κ3) is 3.01. The van der Waals surface area contributed by atoms with Crippen LogP contribution in [0.15, 0.2) is 34.5 Å². The van der Waals surface area contributed by atoms with E-state index in [-0.39, 0.29) is 21.0 Å². The van der Waals surface area contributed by atoms with Gasteiger partial charge < -0.3 is 5.11 Å². The Balaban J connectivity index is 2.41. The molecular weight excluding hydrogens is 319 g/mol. The van der Waals surface area contributed by atoms with Crippen molar-refractivity contribution in [1.82, 2.24) is 0 Å². The molecule has 0 saturated heterocycles. The molecule has 0 aliphatic heterocycles. The highest BCUT2D eigenvalue weighted by Crippen LogP contribution is 2.25. The van der Waals surface area contributed by atoms with Gasteiger partial charge in [-0.15, -0.1) is 11.3 Å². The van der Waals surface area contributed by atoms with Gasteiger partial charge in [0.1, 0.15) is 21.7 Å². The Hall–Kier alpha value is -2.44. The zero-order valence-corrected chi connectivity index (χ0v) is 11.8. The van der Waals surface area contributed by atoms with Gasteiger partial charge in [0.25, 0.3) is 10.0 Å². The minimum atomic E-state index is -4.14. The number of benzene rings is 1. The van der Waals surface area contributed by atoms with Gasteiger partial charge in [-0.3, -0.25) is 4.72 Å². The molecule has 2 N–H and O–H groups in total. The maximum Gasteiger partial charge on any atom is 0.347 e. The normalized spacial score (nSPS) is 10.9. The van der Waals surface area contributed by atoms with Crippen LogP contribution < -0.4 is 4.72 Å². The highest BCUT2D eigenvalue weighted by molar-refractivity contribution is 7.93. The van der Waals surface area contributed by atoms with E-state index < -0.39 is 21.8 Å². The van der Waals surface area contributed by atoms with E-state index in [1.165, 1.54) is 5.38 Å². The lowest BCUT2D eigenvalue weighted by molar-refractivity contribution is 0.0698. The molecule has 108 valence electrons. The quantitative estimate of drug-likeness (QED) is 0.896. The first-order valence-electron chi connectivity index (χ1n) is 5.38. The van der Waals surface area contributed by atoms with Crippen molar-refractivity contribution < 1.29 is 22.7 Å². The maximum atomic E-state index is 13.2. The summed E-state index contributed by atoms with van der Waals surface area (Å²) in [6, 6.07) is 5.86. The Morgan fingerprint density at radius 3 is 2.71 bits per heavy atom. The van der Waals surface area contributed by atoms with Gasteiger partial charge >= 0.3 is 5.97 Å². The molecule has 9 heteroatoms. The molecular formula is C12H7FN2O4S2. The molecule has 0 spiro atoms. The average Bonchev–Trinajstić information content (AvgIpc) is 2.91. The topological polar surface area (TPSA) is 107 Å². The standard InChI is InChI=1S/C12H7FN2O4S2/c13-9-2-1-8(5-7(9)6-14)15-21(18,19)10-3-4-20-11(10)12(16)17/h1-5,15H,(H,16,17). The van der Waals surface area contributed by atoms with Gasteiger partial charge in [0.2, 0.25) is 0 Å². The third-order valence-corrected chi connectivity index (χ3v) is 4.91. The molecule has 0 unspecified atom stereocenters. The molecule has 21 heavy (non-hydrogen) atoms. The van der Waals surface area contributed by atoms with Gasteiger partial charge in [0.05, 0.1) is 11.3 Å². The summed E-state index contributed by atoms with van der Waals surface area (Å²) in [5.41, 5.74) is -0.352. The lowest BCUT2D eigenvalue weighted by Gasteiger charge is -2.08. The Labute approximate surface area is 123 Å². The van der Waals surface area contributed by atoms with Crippen molar-refractivity contribution in [3.63, 3.8) is 0 Å². The van der Waals surface area contributed by atoms with Gasteiger partial charge in [0.15, 0.2) is 0 Å². The lowest BCUT2D eigenvalue weighted by atomic mass is 10.2. The monoisotopic (exact) mass is 326 g/mol. The van der Waals surface area contributed by atoms with Crippen molar-refractivity contribution in [2.45, 2.75) is 4.90 Å². The van der Waals surface area contributed by atoms with Crippen LogP contribution in [0.5, 0.6) is 0 Å². The summed E-state index contributed by atoms with van der Waals surface area (Å²) in [7, 11) is -4.14. The van der Waals surface area contributed by atoms with Crippen LogP contribution in [0.2, 0.25) is 0 Å². The number of rotatable bonds is 4. The van der Waals surface area contributed by atoms with E-state index in [2.05, 4.69) is 4.72 Å². The van der Waals surface area contributed by atoms with Gasteiger partial charge in [-0.2, -0.15) is 5.26 Å². The highest BCUT2D eigenvalue weighted by Gasteiger charge is 2.24. The molecule has 0 amide bonds. The second kappa shape index (κ2) is 5.51. The number of nitrogens with zero attached hydrogens (tertiary/aromatic N) is 1. The van der Waals surface area contributed by atoms with Crippen LogP contribution in [-0.2, 0) is 10.0 Å². The molecule has 0 radical (unpaired) electrons. The fraction of sp³-hybridized carbons (Fsp3) is 0. The number of halogens is 1. The first-order valence-corrected chi connectivity index (χ1v) is 7.74. The van der Waals surface area contributed by atoms with Crippen molar-refractivity contribution in [3.8, 4) is 6.07 Å². The molecule has 0 saturated carbocycles. The van der Waals surface area contributed by atoms with Crippen LogP contribution in [0.1, 0.15) is 15.2 Å². The summed E-state index contributed by atoms with van der Waals surface area (Å²) in [6.07, 6.45) is 0. The molecule has 2 aromatic rings. The van der Waals surface area contributed by atoms with Crippen molar-refractivity contribution >= 4 is 33.0 Å². The largest absolute Gasteiger partial charge is 0.477 e. The fourth-order valence-electron chi connectivity index (χ4n) is 1.55. The van der Waals surface area contributed by atoms with E-state index in [9.17, 15) is 17.6 Å². The van der Waals surface area contributed by atoms with Gasteiger partial charge in [-0.25, -0.2) is 17.6 Å². The zero-order chi connectivity index (χ0) is 15.6. The number of anilines is 1. The second-order valence-corrected chi connectivity index (χ2v) is 6.40. The van der Waals surface area contributed by atoms with E-state index in [0.29, 0.717) is 0 Å². The molecule has 6 nitrogen and oxygen atoms in total. The average molecular weight is 326 g/mol. The first kappa shape index (κ1) is 15.0. The van der Waals surface area contributed by atoms with E-state index >= 15 is 0 Å². The van der Waals surface area contributed by atoms with Gasteiger partial charge in [0, 0.05) is 0 Å². The number of aromatic carboxylic acids is 1. The predicted octanol–water partition coefficient (Wildman–Crippen LogP) is 2.26. The van der Waals surface area contributed by atoms with E-state index in [0.717, 1.165) is 35.6 Å². The molecule has 0 aliphatic rings. The molecule has 0 bridgehead atoms. The van der Waals surface area contributed by atoms with Crippen molar-refractivity contribution in [2.24, 2.45) is 0 Å². The molecule has 2 rings (SSSR count). The molecule has 1 aromatic carbocycles. The summed E-state index contributed by atoms with van der Waals surface area (Å²) in [4.78, 5) is 10.2. The lowest BCUT2D eigenvalue weighted by Crippen LogP contribution is -2.15. The van der Waals surface area contributed by atoms with Crippen LogP contribution in [0.3, 0.4) is 0 Å². The van der Waals surface area contributed by atoms with Crippen molar-refractivity contribution in [1.29, 1.82) is 5.26 Å². The van der Waals surface area contributed by atoms with Gasteiger partial charge in [-0.05, 0) is 29.6 Å². The van der Waals surface area contributed by atoms with Crippen molar-refractivity contribution in [3.05, 3.63) is 45.9 Å². The summed E-state index contributed by atoms with van der Waals surface area (Å²) < 4.78 is 39.5. The number of carboxylic acids is 1. The van der Waals surface area contributed by atoms with Crippen LogP contribution in [0, 0.1) is 17.1 Å². The first-order chi connectivity index (χ1) is 9.85. The summed E-state index contributed by atoms with van der Waals surface area (Å²) in [5, 5.41) is 19.0. The predicted molar refractivity (Wildman–Crippen MR) is 73.2 cm³/mol. The summed E-state index contributed by atoms with van der Waals surface area (Å²) in [6.45, 7) is 0. The minimum absolute atomic E-state index is 0.0320. The molecule has 0 fully saturated rings. The van der Waals surface area contributed by atoms with Crippen LogP contribution in [-0.4, -0.2) is 19.5 Å². The smallest absolute Gasteiger partial charge is 0.347 e. The SMILES string of the molecule is N#Cc1cc(NS(=O)(=O)c2ccsc2C(=O)O)ccc1F. The van der Waals surface area contributed by atoms with Crippen LogP contribution in [0.25, 0.3) is 0 Å². The summed E-state index contributed by atoms with van der Waals surface area (Å²) in [5.74, 6) is -2.13. The Morgan fingerprint density at radius 1 is 1.38 bits per heavy atom. The highest BCUT2D eigenvalue weighted by atomic mass is 32.2. The number of carbonyl (C=O) groups is 1. The number of nitriles is 1. The second-order valence-electron chi connectivity index (χ2n) is 3.83. The maximum absolute atomic E-state index is 13.2. The fourth-order valence-corrected chi connectivity index (χ4v) is 3.86. The number of hydrogen-bond donors (Lipinski definition) is 2. The molecule has 0 atom stereocenters. The Bertz CT molecular complexity index is 852. The van der Waals surface area contributed by atoms with E-state index in [4.69, 9.17) is 10.4 Å². The van der Waals surface area contributed by atoms with Crippen LogP contribution in [0.4, 0.5) is 10.1 Å². The molecule has 1 heterocycles. The minimum Gasteiger partial charge on any atom is -0.477 e. The number of carboxylic acid groups (broad SMARTS) is 1. The third-order valence-electron chi connectivity index (χ3n) is 2.45. The molecule has 0 aliphatic carbocycles. The number of nitrogens with one attached hydrogen (secondary N) is 1. The van der Waals surface area contributed by atoms with Crippen LogP contribution >= 0.6 is 11.3 Å². The zero-order valence-electron chi connectivity index (χ0n) is 10.2. The summed E-state index contributed by atoms with van der Waals surface area (Å²) >= 11 is 0.774. The Kier molecular flexibility index (Phi) is 3.93. The number of hydrogen-bond acceptors (Lipinski definition) is 5. The van der Waals surface area contributed by atoms with E-state index in [1.807, 2.05) is 0 Å².